The Hall–Kier alpha value is -3.35. The molecule has 0 unspecified atom stereocenters. The molecule has 144 valence electrons. The molecule has 1 aromatic carbocycles. The molecule has 7 nitrogen and oxygen atoms in total. The van der Waals surface area contributed by atoms with Crippen molar-refractivity contribution in [2.45, 2.75) is 6.92 Å². The summed E-state index contributed by atoms with van der Waals surface area (Å²) in [5, 5.41) is 0. The van der Waals surface area contributed by atoms with Crippen LogP contribution in [0.15, 0.2) is 41.5 Å². The van der Waals surface area contributed by atoms with Crippen LogP contribution >= 0.6 is 0 Å². The van der Waals surface area contributed by atoms with E-state index in [1.807, 2.05) is 68.0 Å². The minimum atomic E-state index is 0.549. The number of ether oxygens (including phenoxy) is 2. The van der Waals surface area contributed by atoms with E-state index in [4.69, 9.17) is 14.5 Å². The molecule has 1 aliphatic rings. The lowest BCUT2D eigenvalue weighted by Gasteiger charge is -2.18. The van der Waals surface area contributed by atoms with E-state index in [0.29, 0.717) is 19.2 Å². The first-order chi connectivity index (χ1) is 13.5. The largest absolute Gasteiger partial charge is 0.486 e. The van der Waals surface area contributed by atoms with Crippen LogP contribution in [-0.4, -0.2) is 53.1 Å². The SMILES string of the molecule is Cc1cc(-c2c(-c3ccc4c(c3)OCCO4)nc(N=CN(C)C)n2C)ccn1. The Morgan fingerprint density at radius 2 is 1.86 bits per heavy atom. The molecule has 0 N–H and O–H groups in total. The zero-order chi connectivity index (χ0) is 19.7. The van der Waals surface area contributed by atoms with Gasteiger partial charge in [0.25, 0.3) is 0 Å². The van der Waals surface area contributed by atoms with E-state index in [0.717, 1.165) is 39.7 Å². The smallest absolute Gasteiger partial charge is 0.231 e. The number of nitrogens with zero attached hydrogens (tertiary/aromatic N) is 5. The van der Waals surface area contributed by atoms with E-state index in [1.165, 1.54) is 0 Å². The van der Waals surface area contributed by atoms with Crippen LogP contribution in [0.3, 0.4) is 0 Å². The molecule has 0 radical (unpaired) electrons. The van der Waals surface area contributed by atoms with Crippen molar-refractivity contribution >= 4 is 12.3 Å². The van der Waals surface area contributed by atoms with Crippen LogP contribution in [0, 0.1) is 6.92 Å². The molecule has 2 aromatic heterocycles. The van der Waals surface area contributed by atoms with Crippen molar-refractivity contribution in [3.8, 4) is 34.0 Å². The molecule has 0 spiro atoms. The summed E-state index contributed by atoms with van der Waals surface area (Å²) in [6.07, 6.45) is 3.56. The molecular formula is C21H23N5O2. The second-order valence-electron chi connectivity index (χ2n) is 6.92. The van der Waals surface area contributed by atoms with Crippen LogP contribution in [-0.2, 0) is 7.05 Å². The Kier molecular flexibility index (Phi) is 4.73. The average molecular weight is 377 g/mol. The minimum absolute atomic E-state index is 0.549. The molecule has 0 amide bonds. The molecule has 28 heavy (non-hydrogen) atoms. The molecular weight excluding hydrogens is 354 g/mol. The van der Waals surface area contributed by atoms with Gasteiger partial charge in [-0.3, -0.25) is 4.98 Å². The van der Waals surface area contributed by atoms with Gasteiger partial charge in [-0.1, -0.05) is 0 Å². The van der Waals surface area contributed by atoms with Crippen molar-refractivity contribution < 1.29 is 9.47 Å². The topological polar surface area (TPSA) is 64.8 Å². The van der Waals surface area contributed by atoms with Crippen LogP contribution in [0.2, 0.25) is 0 Å². The number of hydrogen-bond acceptors (Lipinski definition) is 5. The number of benzene rings is 1. The monoisotopic (exact) mass is 377 g/mol. The maximum absolute atomic E-state index is 5.76. The fourth-order valence-electron chi connectivity index (χ4n) is 3.18. The number of rotatable bonds is 4. The molecule has 0 fully saturated rings. The van der Waals surface area contributed by atoms with Gasteiger partial charge in [0.1, 0.15) is 13.2 Å². The highest BCUT2D eigenvalue weighted by Crippen LogP contribution is 2.39. The minimum Gasteiger partial charge on any atom is -0.486 e. The summed E-state index contributed by atoms with van der Waals surface area (Å²) in [6, 6.07) is 9.96. The van der Waals surface area contributed by atoms with E-state index >= 15 is 0 Å². The van der Waals surface area contributed by atoms with Gasteiger partial charge in [0.15, 0.2) is 11.5 Å². The molecule has 7 heteroatoms. The highest BCUT2D eigenvalue weighted by Gasteiger charge is 2.20. The van der Waals surface area contributed by atoms with Crippen LogP contribution in [0.25, 0.3) is 22.5 Å². The predicted octanol–water partition coefficient (Wildman–Crippen LogP) is 3.45. The van der Waals surface area contributed by atoms with E-state index in [-0.39, 0.29) is 0 Å². The number of aryl methyl sites for hydroxylation is 1. The third-order valence-electron chi connectivity index (χ3n) is 4.46. The quantitative estimate of drug-likeness (QED) is 0.515. The fraction of sp³-hybridized carbons (Fsp3) is 0.286. The molecule has 4 rings (SSSR count). The average Bonchev–Trinajstić information content (AvgIpc) is 3.02. The third-order valence-corrected chi connectivity index (χ3v) is 4.46. The summed E-state index contributed by atoms with van der Waals surface area (Å²) in [6.45, 7) is 3.10. The van der Waals surface area contributed by atoms with Gasteiger partial charge >= 0.3 is 0 Å². The summed E-state index contributed by atoms with van der Waals surface area (Å²) in [5.74, 6) is 2.13. The van der Waals surface area contributed by atoms with Crippen molar-refractivity contribution in [2.75, 3.05) is 27.3 Å². The summed E-state index contributed by atoms with van der Waals surface area (Å²) in [4.78, 5) is 15.6. The zero-order valence-corrected chi connectivity index (χ0v) is 16.5. The van der Waals surface area contributed by atoms with Gasteiger partial charge in [-0.25, -0.2) is 9.98 Å². The molecule has 0 saturated carbocycles. The van der Waals surface area contributed by atoms with Gasteiger partial charge in [0, 0.05) is 44.2 Å². The Morgan fingerprint density at radius 1 is 1.07 bits per heavy atom. The predicted molar refractivity (Wildman–Crippen MR) is 109 cm³/mol. The van der Waals surface area contributed by atoms with Crippen molar-refractivity contribution in [2.24, 2.45) is 12.0 Å². The van der Waals surface area contributed by atoms with Gasteiger partial charge < -0.3 is 18.9 Å². The van der Waals surface area contributed by atoms with Crippen LogP contribution < -0.4 is 9.47 Å². The van der Waals surface area contributed by atoms with Gasteiger partial charge in [0.2, 0.25) is 5.95 Å². The lowest BCUT2D eigenvalue weighted by atomic mass is 10.0. The number of pyridine rings is 1. The maximum Gasteiger partial charge on any atom is 0.231 e. The van der Waals surface area contributed by atoms with Crippen LogP contribution in [0.4, 0.5) is 5.95 Å². The van der Waals surface area contributed by atoms with Gasteiger partial charge in [-0.05, 0) is 37.3 Å². The molecule has 0 bridgehead atoms. The fourth-order valence-corrected chi connectivity index (χ4v) is 3.18. The summed E-state index contributed by atoms with van der Waals surface area (Å²) in [7, 11) is 5.84. The molecule has 0 aliphatic carbocycles. The lowest BCUT2D eigenvalue weighted by molar-refractivity contribution is 0.171. The molecule has 3 heterocycles. The number of hydrogen-bond donors (Lipinski definition) is 0. The van der Waals surface area contributed by atoms with Crippen molar-refractivity contribution in [3.63, 3.8) is 0 Å². The summed E-state index contributed by atoms with van der Waals surface area (Å²) >= 11 is 0. The number of imidazole rings is 1. The second kappa shape index (κ2) is 7.34. The summed E-state index contributed by atoms with van der Waals surface area (Å²) < 4.78 is 13.4. The number of fused-ring (bicyclic) bond motifs is 1. The zero-order valence-electron chi connectivity index (χ0n) is 16.5. The normalized spacial score (nSPS) is 13.1. The Bertz CT molecular complexity index is 1040. The van der Waals surface area contributed by atoms with Crippen LogP contribution in [0.5, 0.6) is 11.5 Å². The first-order valence-corrected chi connectivity index (χ1v) is 9.13. The molecule has 0 atom stereocenters. The lowest BCUT2D eigenvalue weighted by Crippen LogP contribution is -2.15. The first-order valence-electron chi connectivity index (χ1n) is 9.13. The number of aromatic nitrogens is 3. The highest BCUT2D eigenvalue weighted by molar-refractivity contribution is 5.82. The van der Waals surface area contributed by atoms with E-state index in [2.05, 4.69) is 16.0 Å². The van der Waals surface area contributed by atoms with Gasteiger partial charge in [-0.2, -0.15) is 0 Å². The van der Waals surface area contributed by atoms with Crippen LogP contribution in [0.1, 0.15) is 5.69 Å². The van der Waals surface area contributed by atoms with E-state index < -0.39 is 0 Å². The summed E-state index contributed by atoms with van der Waals surface area (Å²) in [5.41, 5.74) is 4.77. The van der Waals surface area contributed by atoms with Gasteiger partial charge in [0.05, 0.1) is 17.7 Å². The van der Waals surface area contributed by atoms with Gasteiger partial charge in [-0.15, -0.1) is 0 Å². The first kappa shape index (κ1) is 18.0. The highest BCUT2D eigenvalue weighted by atomic mass is 16.6. The molecule has 3 aromatic rings. The molecule has 0 saturated heterocycles. The Balaban J connectivity index is 1.89. The van der Waals surface area contributed by atoms with Crippen molar-refractivity contribution in [3.05, 3.63) is 42.2 Å². The second-order valence-corrected chi connectivity index (χ2v) is 6.92. The standard InChI is InChI=1S/C21H23N5O2/c1-14-11-16(7-8-22-14)20-19(24-21(26(20)4)23-13-25(2)3)15-5-6-17-18(12-15)28-10-9-27-17/h5-8,11-13H,9-10H2,1-4H3. The Labute approximate surface area is 164 Å². The maximum atomic E-state index is 5.76. The Morgan fingerprint density at radius 3 is 2.61 bits per heavy atom. The van der Waals surface area contributed by atoms with Crippen molar-refractivity contribution in [1.82, 2.24) is 19.4 Å². The van der Waals surface area contributed by atoms with E-state index in [9.17, 15) is 0 Å². The third kappa shape index (κ3) is 3.43. The van der Waals surface area contributed by atoms with E-state index in [1.54, 1.807) is 6.34 Å². The molecule has 1 aliphatic heterocycles. The number of aliphatic imine (C=N–C) groups is 1. The van der Waals surface area contributed by atoms with Crippen molar-refractivity contribution in [1.29, 1.82) is 0 Å².